The lowest BCUT2D eigenvalue weighted by Gasteiger charge is -2.04. The van der Waals surface area contributed by atoms with Gasteiger partial charge in [0.2, 0.25) is 11.8 Å². The van der Waals surface area contributed by atoms with Crippen LogP contribution in [0.3, 0.4) is 0 Å². The summed E-state index contributed by atoms with van der Waals surface area (Å²) in [7, 11) is 0. The number of aromatic nitrogens is 2. The van der Waals surface area contributed by atoms with E-state index in [2.05, 4.69) is 10.2 Å². The Morgan fingerprint density at radius 1 is 1.45 bits per heavy atom. The summed E-state index contributed by atoms with van der Waals surface area (Å²) in [5.41, 5.74) is 1.78. The van der Waals surface area contributed by atoms with Crippen LogP contribution in [0.5, 0.6) is 0 Å². The third kappa shape index (κ3) is 3.57. The molecule has 0 saturated heterocycles. The first kappa shape index (κ1) is 14.5. The van der Waals surface area contributed by atoms with Crippen molar-refractivity contribution < 1.29 is 14.3 Å². The number of rotatable bonds is 5. The maximum Gasteiger partial charge on any atom is 0.303 e. The maximum absolute atomic E-state index is 10.6. The van der Waals surface area contributed by atoms with Crippen molar-refractivity contribution in [2.75, 3.05) is 0 Å². The van der Waals surface area contributed by atoms with Crippen LogP contribution in [0.25, 0.3) is 11.5 Å². The minimum atomic E-state index is -0.831. The second-order valence-corrected chi connectivity index (χ2v) is 5.30. The van der Waals surface area contributed by atoms with Gasteiger partial charge in [-0.3, -0.25) is 4.79 Å². The van der Waals surface area contributed by atoms with Gasteiger partial charge in [-0.05, 0) is 30.5 Å². The fourth-order valence-corrected chi connectivity index (χ4v) is 2.11. The molecular formula is C14H15ClN2O3. The quantitative estimate of drug-likeness (QED) is 0.915. The Kier molecular flexibility index (Phi) is 4.39. The fourth-order valence-electron chi connectivity index (χ4n) is 1.94. The Hall–Kier alpha value is -1.88. The lowest BCUT2D eigenvalue weighted by Crippen LogP contribution is -2.07. The zero-order chi connectivity index (χ0) is 14.7. The molecule has 0 bridgehead atoms. The molecule has 0 spiro atoms. The Morgan fingerprint density at radius 3 is 2.90 bits per heavy atom. The summed E-state index contributed by atoms with van der Waals surface area (Å²) in [5, 5.41) is 17.3. The van der Waals surface area contributed by atoms with Crippen LogP contribution in [0.15, 0.2) is 22.6 Å². The monoisotopic (exact) mass is 294 g/mol. The Bertz CT molecular complexity index is 625. The molecule has 1 atom stereocenters. The predicted octanol–water partition coefficient (Wildman–Crippen LogP) is 3.35. The van der Waals surface area contributed by atoms with Crippen LogP contribution in [-0.4, -0.2) is 21.3 Å². The van der Waals surface area contributed by atoms with Gasteiger partial charge in [0, 0.05) is 23.4 Å². The topological polar surface area (TPSA) is 76.2 Å². The normalized spacial score (nSPS) is 12.3. The summed E-state index contributed by atoms with van der Waals surface area (Å²) in [6.07, 6.45) is 0.521. The van der Waals surface area contributed by atoms with Crippen LogP contribution in [0.2, 0.25) is 5.02 Å². The number of aryl methyl sites for hydroxylation is 1. The highest BCUT2D eigenvalue weighted by Crippen LogP contribution is 2.26. The van der Waals surface area contributed by atoms with Gasteiger partial charge >= 0.3 is 5.97 Å². The summed E-state index contributed by atoms with van der Waals surface area (Å²) >= 11 is 5.96. The number of benzene rings is 1. The second-order valence-electron chi connectivity index (χ2n) is 4.87. The number of hydrogen-bond donors (Lipinski definition) is 1. The molecule has 6 heteroatoms. The smallest absolute Gasteiger partial charge is 0.303 e. The number of nitrogens with zero attached hydrogens (tertiary/aromatic N) is 2. The Morgan fingerprint density at radius 2 is 2.20 bits per heavy atom. The summed E-state index contributed by atoms with van der Waals surface area (Å²) in [6.45, 7) is 3.77. The van der Waals surface area contributed by atoms with E-state index in [1.807, 2.05) is 19.9 Å². The molecule has 2 rings (SSSR count). The SMILES string of the molecule is Cc1ccc(Cl)cc1-c1nnc(CC(C)CC(=O)O)o1. The van der Waals surface area contributed by atoms with Crippen molar-refractivity contribution in [2.24, 2.45) is 5.92 Å². The van der Waals surface area contributed by atoms with E-state index >= 15 is 0 Å². The fraction of sp³-hybridized carbons (Fsp3) is 0.357. The standard InChI is InChI=1S/C14H15ClN2O3/c1-8(6-13(18)19)5-12-16-17-14(20-12)11-7-10(15)4-3-9(11)2/h3-4,7-8H,5-6H2,1-2H3,(H,18,19). The van der Waals surface area contributed by atoms with Gasteiger partial charge in [0.15, 0.2) is 0 Å². The van der Waals surface area contributed by atoms with Crippen LogP contribution in [-0.2, 0) is 11.2 Å². The molecular weight excluding hydrogens is 280 g/mol. The highest BCUT2D eigenvalue weighted by atomic mass is 35.5. The van der Waals surface area contributed by atoms with Gasteiger partial charge in [0.1, 0.15) is 0 Å². The third-order valence-corrected chi connectivity index (χ3v) is 3.18. The minimum Gasteiger partial charge on any atom is -0.481 e. The summed E-state index contributed by atoms with van der Waals surface area (Å²) in [6, 6.07) is 5.45. The molecule has 0 amide bonds. The number of halogens is 1. The van der Waals surface area contributed by atoms with Crippen LogP contribution in [0, 0.1) is 12.8 Å². The zero-order valence-corrected chi connectivity index (χ0v) is 12.0. The van der Waals surface area contributed by atoms with E-state index in [-0.39, 0.29) is 12.3 Å². The number of aliphatic carboxylic acids is 1. The van der Waals surface area contributed by atoms with E-state index in [9.17, 15) is 4.79 Å². The van der Waals surface area contributed by atoms with Gasteiger partial charge in [-0.1, -0.05) is 24.6 Å². The van der Waals surface area contributed by atoms with Crippen molar-refractivity contribution in [3.05, 3.63) is 34.7 Å². The van der Waals surface area contributed by atoms with Gasteiger partial charge in [-0.25, -0.2) is 0 Å². The first-order valence-corrected chi connectivity index (χ1v) is 6.64. The first-order valence-electron chi connectivity index (χ1n) is 6.26. The van der Waals surface area contributed by atoms with Crippen molar-refractivity contribution in [1.82, 2.24) is 10.2 Å². The molecule has 1 unspecified atom stereocenters. The van der Waals surface area contributed by atoms with Crippen LogP contribution >= 0.6 is 11.6 Å². The molecule has 0 aliphatic rings. The highest BCUT2D eigenvalue weighted by Gasteiger charge is 2.15. The largest absolute Gasteiger partial charge is 0.481 e. The highest BCUT2D eigenvalue weighted by molar-refractivity contribution is 6.30. The summed E-state index contributed by atoms with van der Waals surface area (Å²) < 4.78 is 5.58. The molecule has 5 nitrogen and oxygen atoms in total. The molecule has 2 aromatic rings. The number of carboxylic acids is 1. The van der Waals surface area contributed by atoms with E-state index in [0.717, 1.165) is 11.1 Å². The second kappa shape index (κ2) is 6.05. The van der Waals surface area contributed by atoms with Crippen LogP contribution in [0.1, 0.15) is 24.8 Å². The van der Waals surface area contributed by atoms with Gasteiger partial charge in [0.25, 0.3) is 0 Å². The molecule has 0 saturated carbocycles. The summed E-state index contributed by atoms with van der Waals surface area (Å²) in [4.78, 5) is 10.6. The number of carboxylic acid groups (broad SMARTS) is 1. The molecule has 20 heavy (non-hydrogen) atoms. The molecule has 1 N–H and O–H groups in total. The Balaban J connectivity index is 2.16. The van der Waals surface area contributed by atoms with Gasteiger partial charge in [0.05, 0.1) is 0 Å². The molecule has 0 aliphatic heterocycles. The molecule has 1 aromatic heterocycles. The molecule has 1 aromatic carbocycles. The van der Waals surface area contributed by atoms with Gasteiger partial charge in [-0.15, -0.1) is 10.2 Å². The van der Waals surface area contributed by atoms with Crippen molar-refractivity contribution in [2.45, 2.75) is 26.7 Å². The molecule has 0 fully saturated rings. The average Bonchev–Trinajstić information content (AvgIpc) is 2.79. The first-order chi connectivity index (χ1) is 9.45. The number of carbonyl (C=O) groups is 1. The molecule has 106 valence electrons. The van der Waals surface area contributed by atoms with E-state index in [1.165, 1.54) is 0 Å². The van der Waals surface area contributed by atoms with Crippen molar-refractivity contribution >= 4 is 17.6 Å². The van der Waals surface area contributed by atoms with Crippen LogP contribution < -0.4 is 0 Å². The van der Waals surface area contributed by atoms with E-state index < -0.39 is 5.97 Å². The predicted molar refractivity (Wildman–Crippen MR) is 74.6 cm³/mol. The summed E-state index contributed by atoms with van der Waals surface area (Å²) in [5.74, 6) is -0.0418. The zero-order valence-electron chi connectivity index (χ0n) is 11.3. The minimum absolute atomic E-state index is 0.0544. The van der Waals surface area contributed by atoms with Crippen molar-refractivity contribution in [3.8, 4) is 11.5 Å². The lowest BCUT2D eigenvalue weighted by atomic mass is 10.0. The van der Waals surface area contributed by atoms with E-state index in [4.69, 9.17) is 21.1 Å². The number of hydrogen-bond acceptors (Lipinski definition) is 4. The van der Waals surface area contributed by atoms with E-state index in [0.29, 0.717) is 23.2 Å². The van der Waals surface area contributed by atoms with Crippen molar-refractivity contribution in [1.29, 1.82) is 0 Å². The molecule has 1 heterocycles. The van der Waals surface area contributed by atoms with Crippen molar-refractivity contribution in [3.63, 3.8) is 0 Å². The maximum atomic E-state index is 10.6. The molecule has 0 radical (unpaired) electrons. The average molecular weight is 295 g/mol. The van der Waals surface area contributed by atoms with Crippen LogP contribution in [0.4, 0.5) is 0 Å². The van der Waals surface area contributed by atoms with Gasteiger partial charge in [-0.2, -0.15) is 0 Å². The Labute approximate surface area is 121 Å². The lowest BCUT2D eigenvalue weighted by molar-refractivity contribution is -0.137. The van der Waals surface area contributed by atoms with Gasteiger partial charge < -0.3 is 9.52 Å². The van der Waals surface area contributed by atoms with E-state index in [1.54, 1.807) is 12.1 Å². The third-order valence-electron chi connectivity index (χ3n) is 2.94. The molecule has 0 aliphatic carbocycles.